The highest BCUT2D eigenvalue weighted by Gasteiger charge is 2.30. The standard InChI is InChI=1S/C29H33N7O3S/c1-40(38,39)32-17-28(37)35-19-25-26(20-35)33-27(14-21-8-3-2-4-9-21)34-29(25)23-11-5-6-12-24(15-23)36(30)18-22-10-7-13-31-16-22/h2-4,7-11,13,15-16,32H,5-6,12,14,17-20,30H2,1H3. The van der Waals surface area contributed by atoms with Crippen molar-refractivity contribution in [3.63, 3.8) is 0 Å². The van der Waals surface area contributed by atoms with E-state index in [0.29, 0.717) is 31.9 Å². The third-order valence-corrected chi connectivity index (χ3v) is 7.58. The number of nitrogens with one attached hydrogen (secondary N) is 1. The zero-order valence-corrected chi connectivity index (χ0v) is 23.3. The molecule has 208 valence electrons. The molecule has 5 rings (SSSR count). The van der Waals surface area contributed by atoms with Gasteiger partial charge >= 0.3 is 0 Å². The molecule has 3 N–H and O–H groups in total. The largest absolute Gasteiger partial charge is 0.331 e. The summed E-state index contributed by atoms with van der Waals surface area (Å²) < 4.78 is 25.4. The van der Waals surface area contributed by atoms with Crippen molar-refractivity contribution in [2.24, 2.45) is 5.84 Å². The van der Waals surface area contributed by atoms with E-state index in [1.165, 1.54) is 0 Å². The Morgan fingerprint density at radius 3 is 2.65 bits per heavy atom. The molecule has 10 nitrogen and oxygen atoms in total. The molecule has 3 heterocycles. The second-order valence-electron chi connectivity index (χ2n) is 10.1. The van der Waals surface area contributed by atoms with Gasteiger partial charge in [-0.25, -0.2) is 29.0 Å². The van der Waals surface area contributed by atoms with E-state index in [9.17, 15) is 13.2 Å². The fourth-order valence-electron chi connectivity index (χ4n) is 4.92. The molecule has 1 aliphatic heterocycles. The maximum Gasteiger partial charge on any atom is 0.238 e. The fourth-order valence-corrected chi connectivity index (χ4v) is 5.30. The molecule has 0 fully saturated rings. The van der Waals surface area contributed by atoms with Crippen molar-refractivity contribution in [2.75, 3.05) is 12.8 Å². The van der Waals surface area contributed by atoms with E-state index in [-0.39, 0.29) is 12.5 Å². The molecule has 0 saturated carbocycles. The summed E-state index contributed by atoms with van der Waals surface area (Å²) in [6.45, 7) is 0.841. The number of pyridine rings is 1. The predicted molar refractivity (Wildman–Crippen MR) is 152 cm³/mol. The molecule has 11 heteroatoms. The lowest BCUT2D eigenvalue weighted by Gasteiger charge is -2.22. The maximum absolute atomic E-state index is 12.9. The first-order valence-corrected chi connectivity index (χ1v) is 15.1. The fraction of sp³-hybridized carbons (Fsp3) is 0.310. The van der Waals surface area contributed by atoms with Gasteiger partial charge in [0.1, 0.15) is 5.82 Å². The predicted octanol–water partition coefficient (Wildman–Crippen LogP) is 2.68. The molecule has 1 aromatic carbocycles. The second-order valence-corrected chi connectivity index (χ2v) is 11.9. The first-order chi connectivity index (χ1) is 19.2. The Labute approximate surface area is 234 Å². The summed E-state index contributed by atoms with van der Waals surface area (Å²) in [6, 6.07) is 13.9. The Balaban J connectivity index is 1.47. The molecule has 0 bridgehead atoms. The number of hydrazine groups is 1. The lowest BCUT2D eigenvalue weighted by molar-refractivity contribution is -0.130. The van der Waals surface area contributed by atoms with Gasteiger partial charge in [0, 0.05) is 30.1 Å². The monoisotopic (exact) mass is 559 g/mol. The number of carbonyl (C=O) groups excluding carboxylic acids is 1. The highest BCUT2D eigenvalue weighted by atomic mass is 32.2. The summed E-state index contributed by atoms with van der Waals surface area (Å²) in [4.78, 5) is 28.6. The quantitative estimate of drug-likeness (QED) is 0.302. The summed E-state index contributed by atoms with van der Waals surface area (Å²) in [5, 5.41) is 1.76. The number of benzene rings is 1. The molecule has 3 aromatic rings. The van der Waals surface area contributed by atoms with Crippen LogP contribution in [0.25, 0.3) is 5.57 Å². The van der Waals surface area contributed by atoms with Gasteiger partial charge in [0.25, 0.3) is 0 Å². The Morgan fingerprint density at radius 1 is 1.10 bits per heavy atom. The Bertz CT molecular complexity index is 1540. The minimum atomic E-state index is -3.49. The minimum Gasteiger partial charge on any atom is -0.331 e. The molecular weight excluding hydrogens is 526 g/mol. The van der Waals surface area contributed by atoms with Gasteiger partial charge in [-0.15, -0.1) is 0 Å². The van der Waals surface area contributed by atoms with Crippen LogP contribution in [0.4, 0.5) is 0 Å². The van der Waals surface area contributed by atoms with E-state index < -0.39 is 10.0 Å². The van der Waals surface area contributed by atoms with Crippen molar-refractivity contribution in [1.82, 2.24) is 29.6 Å². The van der Waals surface area contributed by atoms with Crippen LogP contribution in [0, 0.1) is 0 Å². The summed E-state index contributed by atoms with van der Waals surface area (Å²) >= 11 is 0. The third-order valence-electron chi connectivity index (χ3n) is 6.91. The van der Waals surface area contributed by atoms with Gasteiger partial charge in [0.2, 0.25) is 15.9 Å². The molecule has 0 radical (unpaired) electrons. The molecule has 40 heavy (non-hydrogen) atoms. The molecule has 0 atom stereocenters. The minimum absolute atomic E-state index is 0.296. The Morgan fingerprint density at radius 2 is 1.90 bits per heavy atom. The second kappa shape index (κ2) is 12.1. The first kappa shape index (κ1) is 27.6. The number of aromatic nitrogens is 3. The number of hydrogen-bond donors (Lipinski definition) is 2. The molecular formula is C29H33N7O3S. The number of amides is 1. The van der Waals surface area contributed by atoms with Gasteiger partial charge < -0.3 is 9.91 Å². The van der Waals surface area contributed by atoms with Crippen LogP contribution in [0.3, 0.4) is 0 Å². The smallest absolute Gasteiger partial charge is 0.238 e. The average molecular weight is 560 g/mol. The number of allylic oxidation sites excluding steroid dienone is 4. The third kappa shape index (κ3) is 6.98. The molecule has 1 amide bonds. The van der Waals surface area contributed by atoms with Crippen LogP contribution in [0.2, 0.25) is 0 Å². The highest BCUT2D eigenvalue weighted by Crippen LogP contribution is 2.32. The van der Waals surface area contributed by atoms with E-state index in [0.717, 1.165) is 64.9 Å². The zero-order valence-electron chi connectivity index (χ0n) is 22.5. The number of fused-ring (bicyclic) bond motifs is 1. The lowest BCUT2D eigenvalue weighted by Crippen LogP contribution is -2.37. The van der Waals surface area contributed by atoms with E-state index in [2.05, 4.69) is 21.9 Å². The van der Waals surface area contributed by atoms with Crippen molar-refractivity contribution in [3.05, 3.63) is 107 Å². The molecule has 0 unspecified atom stereocenters. The van der Waals surface area contributed by atoms with Gasteiger partial charge in [0.15, 0.2) is 0 Å². The molecule has 2 aromatic heterocycles. The number of rotatable bonds is 9. The maximum atomic E-state index is 12.9. The Hall–Kier alpha value is -3.93. The first-order valence-electron chi connectivity index (χ1n) is 13.2. The van der Waals surface area contributed by atoms with Gasteiger partial charge in [0.05, 0.1) is 43.8 Å². The molecule has 1 aliphatic carbocycles. The van der Waals surface area contributed by atoms with Crippen LogP contribution in [0.1, 0.15) is 53.2 Å². The van der Waals surface area contributed by atoms with E-state index in [4.69, 9.17) is 15.8 Å². The highest BCUT2D eigenvalue weighted by molar-refractivity contribution is 7.88. The van der Waals surface area contributed by atoms with Crippen LogP contribution in [-0.4, -0.2) is 52.0 Å². The normalized spacial score (nSPS) is 15.2. The van der Waals surface area contributed by atoms with Crippen LogP contribution in [0.15, 0.2) is 72.7 Å². The van der Waals surface area contributed by atoms with Gasteiger partial charge in [-0.2, -0.15) is 0 Å². The molecule has 0 spiro atoms. The van der Waals surface area contributed by atoms with Crippen molar-refractivity contribution < 1.29 is 13.2 Å². The Kier molecular flexibility index (Phi) is 8.34. The average Bonchev–Trinajstić information content (AvgIpc) is 3.21. The number of nitrogens with zero attached hydrogens (tertiary/aromatic N) is 5. The number of nitrogens with two attached hydrogens (primary N) is 1. The number of carbonyl (C=O) groups is 1. The SMILES string of the molecule is CS(=O)(=O)NCC(=O)N1Cc2nc(Cc3ccccc3)nc(C3=CCCCC(N(N)Cc4cccnc4)=C3)c2C1. The molecule has 2 aliphatic rings. The van der Waals surface area contributed by atoms with Crippen LogP contribution in [-0.2, 0) is 40.9 Å². The van der Waals surface area contributed by atoms with Gasteiger partial charge in [-0.05, 0) is 48.1 Å². The summed E-state index contributed by atoms with van der Waals surface area (Å²) in [6.07, 6.45) is 12.0. The summed E-state index contributed by atoms with van der Waals surface area (Å²) in [7, 11) is -3.49. The van der Waals surface area contributed by atoms with Gasteiger partial charge in [-0.1, -0.05) is 42.5 Å². The zero-order chi connectivity index (χ0) is 28.1. The summed E-state index contributed by atoms with van der Waals surface area (Å²) in [5.74, 6) is 6.89. The van der Waals surface area contributed by atoms with Gasteiger partial charge in [-0.3, -0.25) is 9.78 Å². The van der Waals surface area contributed by atoms with Crippen LogP contribution < -0.4 is 10.6 Å². The van der Waals surface area contributed by atoms with Crippen LogP contribution >= 0.6 is 0 Å². The molecule has 0 saturated heterocycles. The van der Waals surface area contributed by atoms with E-state index >= 15 is 0 Å². The number of sulfonamides is 1. The topological polar surface area (TPSA) is 134 Å². The van der Waals surface area contributed by atoms with Crippen molar-refractivity contribution >= 4 is 21.5 Å². The van der Waals surface area contributed by atoms with Crippen molar-refractivity contribution in [2.45, 2.75) is 45.3 Å². The number of hydrogen-bond acceptors (Lipinski definition) is 8. The van der Waals surface area contributed by atoms with Crippen molar-refractivity contribution in [1.29, 1.82) is 0 Å². The van der Waals surface area contributed by atoms with Crippen LogP contribution in [0.5, 0.6) is 0 Å². The summed E-state index contributed by atoms with van der Waals surface area (Å²) in [5.41, 5.74) is 6.50. The van der Waals surface area contributed by atoms with E-state index in [1.807, 2.05) is 48.7 Å². The van der Waals surface area contributed by atoms with E-state index in [1.54, 1.807) is 16.1 Å². The van der Waals surface area contributed by atoms with Crippen molar-refractivity contribution in [3.8, 4) is 0 Å². The lowest BCUT2D eigenvalue weighted by atomic mass is 10.0.